The van der Waals surface area contributed by atoms with Crippen LogP contribution in [0.15, 0.2) is 68.3 Å². The number of hydrogen-bond acceptors (Lipinski definition) is 6. The molecule has 1 saturated carbocycles. The Hall–Kier alpha value is -3.53. The summed E-state index contributed by atoms with van der Waals surface area (Å²) in [4.78, 5) is 29.9. The van der Waals surface area contributed by atoms with Crippen molar-refractivity contribution >= 4 is 39.2 Å². The number of ketones is 1. The van der Waals surface area contributed by atoms with Crippen LogP contribution in [0.4, 0.5) is 0 Å². The molecule has 0 aliphatic heterocycles. The Bertz CT molecular complexity index is 1300. The Kier molecular flexibility index (Phi) is 9.05. The van der Waals surface area contributed by atoms with Gasteiger partial charge in [0.25, 0.3) is 15.9 Å². The molecule has 1 aliphatic carbocycles. The fourth-order valence-corrected chi connectivity index (χ4v) is 5.32. The molecular weight excluding hydrogens is 492 g/mol. The third-order valence-electron chi connectivity index (χ3n) is 6.56. The molecule has 1 aromatic heterocycles. The van der Waals surface area contributed by atoms with E-state index in [0.29, 0.717) is 29.9 Å². The topological polar surface area (TPSA) is 122 Å². The van der Waals surface area contributed by atoms with Crippen molar-refractivity contribution in [1.82, 2.24) is 15.4 Å². The van der Waals surface area contributed by atoms with Gasteiger partial charge in [0.1, 0.15) is 11.9 Å². The molecule has 1 heterocycles. The van der Waals surface area contributed by atoms with E-state index in [2.05, 4.69) is 14.8 Å². The van der Waals surface area contributed by atoms with Gasteiger partial charge in [-0.3, -0.25) is 20.0 Å². The highest BCUT2D eigenvalue weighted by Gasteiger charge is 2.20. The molecule has 1 N–H and O–H groups in total. The first-order valence-electron chi connectivity index (χ1n) is 12.7. The molecule has 1 fully saturated rings. The molecule has 0 saturated heterocycles. The van der Waals surface area contributed by atoms with E-state index >= 15 is 0 Å². The van der Waals surface area contributed by atoms with E-state index in [-0.39, 0.29) is 35.4 Å². The van der Waals surface area contributed by atoms with Crippen molar-refractivity contribution in [3.8, 4) is 0 Å². The maximum absolute atomic E-state index is 13.0. The van der Waals surface area contributed by atoms with Crippen molar-refractivity contribution in [3.63, 3.8) is 0 Å². The van der Waals surface area contributed by atoms with E-state index in [4.69, 9.17) is 4.42 Å². The van der Waals surface area contributed by atoms with Crippen molar-refractivity contribution in [1.29, 1.82) is 0 Å². The molecule has 10 heteroatoms. The predicted molar refractivity (Wildman–Crippen MR) is 140 cm³/mol. The molecule has 4 rings (SSSR count). The van der Waals surface area contributed by atoms with Crippen LogP contribution >= 0.6 is 0 Å². The highest BCUT2D eigenvalue weighted by atomic mass is 32.2. The van der Waals surface area contributed by atoms with E-state index in [9.17, 15) is 18.0 Å². The van der Waals surface area contributed by atoms with Gasteiger partial charge in [0, 0.05) is 19.4 Å². The van der Waals surface area contributed by atoms with E-state index in [0.717, 1.165) is 25.6 Å². The summed E-state index contributed by atoms with van der Waals surface area (Å²) in [6.07, 6.45) is 8.54. The summed E-state index contributed by atoms with van der Waals surface area (Å²) in [6.45, 7) is 0.201. The molecule has 2 aromatic carbocycles. The summed E-state index contributed by atoms with van der Waals surface area (Å²) in [5, 5.41) is 1.34. The number of rotatable bonds is 12. The summed E-state index contributed by atoms with van der Waals surface area (Å²) in [7, 11) is -3.90. The van der Waals surface area contributed by atoms with Crippen molar-refractivity contribution < 1.29 is 22.4 Å². The van der Waals surface area contributed by atoms with Gasteiger partial charge in [-0.1, -0.05) is 62.4 Å². The summed E-state index contributed by atoms with van der Waals surface area (Å²) >= 11 is 0. The van der Waals surface area contributed by atoms with Gasteiger partial charge in [0.05, 0.1) is 4.90 Å². The number of aromatic nitrogens is 1. The predicted octanol–water partition coefficient (Wildman–Crippen LogP) is 4.90. The van der Waals surface area contributed by atoms with Crippen LogP contribution in [-0.2, 0) is 14.8 Å². The molecule has 3 aromatic rings. The number of Topliss-reactive ketones (excluding diaryl/α,β-unsaturated/α-hetero) is 1. The number of carbonyl (C=O) groups is 2. The van der Waals surface area contributed by atoms with Gasteiger partial charge in [-0.25, -0.2) is 4.98 Å². The standard InChI is InChI=1S/C27H32N4O5S/c32-24(27-30-23-14-7-8-16-25(23)36-27)15-9-19-31(26(33)18-17-21-10-3-1-4-11-21)28-20-29-37(34,35)22-12-5-2-6-13-22/h2,5-8,12-14,16,20-21H,1,3-4,9-11,15,17-19H2,(H,28,29). The normalized spacial score (nSPS) is 14.7. The number of hydrazine groups is 1. The largest absolute Gasteiger partial charge is 0.434 e. The summed E-state index contributed by atoms with van der Waals surface area (Å²) in [5.41, 5.74) is 3.89. The molecule has 0 unspecified atom stereocenters. The molecule has 9 nitrogen and oxygen atoms in total. The summed E-state index contributed by atoms with van der Waals surface area (Å²) in [5.74, 6) is 0.154. The first-order valence-corrected chi connectivity index (χ1v) is 14.2. The minimum atomic E-state index is -3.90. The van der Waals surface area contributed by atoms with Gasteiger partial charge in [-0.05, 0) is 43.0 Å². The quantitative estimate of drug-likeness (QED) is 0.155. The lowest BCUT2D eigenvalue weighted by atomic mass is 9.86. The smallest absolute Gasteiger partial charge is 0.283 e. The second kappa shape index (κ2) is 12.6. The first kappa shape index (κ1) is 26.5. The van der Waals surface area contributed by atoms with Crippen molar-refractivity contribution in [2.24, 2.45) is 10.3 Å². The number of nitrogens with one attached hydrogen (secondary N) is 1. The number of nitrogens with zero attached hydrogens (tertiary/aromatic N) is 3. The van der Waals surface area contributed by atoms with Crippen molar-refractivity contribution in [3.05, 3.63) is 60.5 Å². The zero-order valence-electron chi connectivity index (χ0n) is 20.7. The van der Waals surface area contributed by atoms with Crippen LogP contribution in [0.2, 0.25) is 0 Å². The van der Waals surface area contributed by atoms with Gasteiger partial charge in [-0.2, -0.15) is 8.42 Å². The van der Waals surface area contributed by atoms with E-state index in [1.54, 1.807) is 30.3 Å². The number of fused-ring (bicyclic) bond motifs is 1. The fraction of sp³-hybridized carbons (Fsp3) is 0.407. The highest BCUT2D eigenvalue weighted by Crippen LogP contribution is 2.27. The molecule has 0 atom stereocenters. The van der Waals surface area contributed by atoms with E-state index in [1.807, 2.05) is 12.1 Å². The van der Waals surface area contributed by atoms with Crippen LogP contribution in [0.1, 0.15) is 68.5 Å². The second-order valence-electron chi connectivity index (χ2n) is 9.25. The van der Waals surface area contributed by atoms with Crippen LogP contribution in [-0.4, -0.2) is 43.0 Å². The van der Waals surface area contributed by atoms with E-state index in [1.165, 1.54) is 36.4 Å². The minimum absolute atomic E-state index is 0.0415. The van der Waals surface area contributed by atoms with Gasteiger partial charge < -0.3 is 4.42 Å². The SMILES string of the molecule is O=C(CCCN(NC=NS(=O)(=O)c1ccccc1)C(=O)CCC1CCCCC1)c1nc2ccccc2o1. The van der Waals surface area contributed by atoms with Crippen molar-refractivity contribution in [2.45, 2.75) is 62.7 Å². The lowest BCUT2D eigenvalue weighted by Crippen LogP contribution is -2.43. The Morgan fingerprint density at radius 2 is 1.76 bits per heavy atom. The molecule has 0 radical (unpaired) electrons. The van der Waals surface area contributed by atoms with E-state index < -0.39 is 10.0 Å². The van der Waals surface area contributed by atoms with Crippen LogP contribution in [0, 0.1) is 5.92 Å². The van der Waals surface area contributed by atoms with Crippen LogP contribution in [0.5, 0.6) is 0 Å². The maximum atomic E-state index is 13.0. The van der Waals surface area contributed by atoms with Crippen LogP contribution in [0.25, 0.3) is 11.1 Å². The number of benzene rings is 2. The number of hydrogen-bond donors (Lipinski definition) is 1. The van der Waals surface area contributed by atoms with Crippen LogP contribution in [0.3, 0.4) is 0 Å². The highest BCUT2D eigenvalue weighted by molar-refractivity contribution is 7.90. The zero-order chi connectivity index (χ0) is 26.1. The Morgan fingerprint density at radius 1 is 1.03 bits per heavy atom. The number of sulfonamides is 1. The monoisotopic (exact) mass is 524 g/mol. The Balaban J connectivity index is 1.36. The molecule has 1 amide bonds. The van der Waals surface area contributed by atoms with Gasteiger partial charge in [0.2, 0.25) is 11.7 Å². The molecule has 196 valence electrons. The minimum Gasteiger partial charge on any atom is -0.434 e. The lowest BCUT2D eigenvalue weighted by molar-refractivity contribution is -0.133. The second-order valence-corrected chi connectivity index (χ2v) is 10.9. The first-order chi connectivity index (χ1) is 17.9. The van der Waals surface area contributed by atoms with Gasteiger partial charge in [0.15, 0.2) is 5.58 Å². The van der Waals surface area contributed by atoms with Crippen molar-refractivity contribution in [2.75, 3.05) is 6.54 Å². The average molecular weight is 525 g/mol. The Morgan fingerprint density at radius 3 is 2.51 bits per heavy atom. The third kappa shape index (κ3) is 7.48. The Labute approximate surface area is 217 Å². The molecule has 0 bridgehead atoms. The molecule has 37 heavy (non-hydrogen) atoms. The molecule has 1 aliphatic rings. The van der Waals surface area contributed by atoms with Gasteiger partial charge in [-0.15, -0.1) is 4.40 Å². The fourth-order valence-electron chi connectivity index (χ4n) is 4.51. The summed E-state index contributed by atoms with van der Waals surface area (Å²) in [6, 6.07) is 15.0. The van der Waals surface area contributed by atoms with Gasteiger partial charge >= 0.3 is 0 Å². The number of carbonyl (C=O) groups excluding carboxylic acids is 2. The number of amides is 1. The average Bonchev–Trinajstić information content (AvgIpc) is 3.36. The summed E-state index contributed by atoms with van der Waals surface area (Å²) < 4.78 is 34.1. The lowest BCUT2D eigenvalue weighted by Gasteiger charge is -2.25. The third-order valence-corrected chi connectivity index (χ3v) is 7.81. The molecular formula is C27H32N4O5S. The van der Waals surface area contributed by atoms with Crippen LogP contribution < -0.4 is 5.43 Å². The molecule has 0 spiro atoms. The maximum Gasteiger partial charge on any atom is 0.283 e. The zero-order valence-corrected chi connectivity index (χ0v) is 21.5. The number of oxazole rings is 1. The number of para-hydroxylation sites is 2.